The van der Waals surface area contributed by atoms with E-state index >= 15 is 0 Å². The summed E-state index contributed by atoms with van der Waals surface area (Å²) in [6.45, 7) is 2.63. The number of benzene rings is 2. The molecule has 2 aromatic rings. The Balaban J connectivity index is 1.92. The molecule has 1 heterocycles. The molecule has 0 bridgehead atoms. The number of Topliss-reactive ketones (excluding diaryl/α,β-unsaturated/α-hetero) is 1. The fraction of sp³-hybridized carbons (Fsp3) is 0.235. The normalized spacial score (nSPS) is 12.9. The van der Waals surface area contributed by atoms with Gasteiger partial charge >= 0.3 is 0 Å². The van der Waals surface area contributed by atoms with Gasteiger partial charge in [0, 0.05) is 33.5 Å². The highest BCUT2D eigenvalue weighted by Crippen LogP contribution is 2.33. The van der Waals surface area contributed by atoms with E-state index in [2.05, 4.69) is 15.9 Å². The van der Waals surface area contributed by atoms with Crippen molar-refractivity contribution >= 4 is 33.3 Å². The average Bonchev–Trinajstić information content (AvgIpc) is 2.85. The molecule has 0 amide bonds. The molecule has 0 saturated carbocycles. The van der Waals surface area contributed by atoms with E-state index in [9.17, 15) is 4.79 Å². The third kappa shape index (κ3) is 3.14. The third-order valence-electron chi connectivity index (χ3n) is 3.54. The molecule has 0 saturated heterocycles. The maximum atomic E-state index is 12.5. The second-order valence-electron chi connectivity index (χ2n) is 5.27. The van der Waals surface area contributed by atoms with Gasteiger partial charge in [-0.25, -0.2) is 0 Å². The summed E-state index contributed by atoms with van der Waals surface area (Å²) in [6, 6.07) is 9.48. The predicted molar refractivity (Wildman–Crippen MR) is 87.6 cm³/mol. The van der Waals surface area contributed by atoms with Crippen LogP contribution in [0, 0.1) is 6.92 Å². The zero-order chi connectivity index (χ0) is 15.0. The lowest BCUT2D eigenvalue weighted by Gasteiger charge is -2.09. The summed E-state index contributed by atoms with van der Waals surface area (Å²) in [6.07, 6.45) is 1.16. The van der Waals surface area contributed by atoms with Gasteiger partial charge in [-0.3, -0.25) is 4.79 Å². The van der Waals surface area contributed by atoms with Crippen molar-refractivity contribution in [3.8, 4) is 5.75 Å². The van der Waals surface area contributed by atoms with Crippen molar-refractivity contribution in [3.05, 3.63) is 62.1 Å². The van der Waals surface area contributed by atoms with Crippen molar-refractivity contribution in [1.29, 1.82) is 0 Å². The molecule has 4 heteroatoms. The summed E-state index contributed by atoms with van der Waals surface area (Å²) >= 11 is 9.56. The molecule has 0 fully saturated rings. The van der Waals surface area contributed by atoms with Gasteiger partial charge in [-0.2, -0.15) is 0 Å². The van der Waals surface area contributed by atoms with Crippen LogP contribution in [0.5, 0.6) is 5.75 Å². The Labute approximate surface area is 137 Å². The van der Waals surface area contributed by atoms with Crippen LogP contribution in [0.15, 0.2) is 34.8 Å². The lowest BCUT2D eigenvalue weighted by molar-refractivity contribution is 0.0992. The molecule has 0 radical (unpaired) electrons. The zero-order valence-electron chi connectivity index (χ0n) is 11.6. The van der Waals surface area contributed by atoms with Crippen LogP contribution in [0.25, 0.3) is 0 Å². The summed E-state index contributed by atoms with van der Waals surface area (Å²) in [5, 5.41) is 0.660. The second-order valence-corrected chi connectivity index (χ2v) is 6.62. The van der Waals surface area contributed by atoms with Gasteiger partial charge in [-0.05, 0) is 48.4 Å². The molecule has 2 aromatic carbocycles. The van der Waals surface area contributed by atoms with Crippen molar-refractivity contribution in [2.24, 2.45) is 0 Å². The van der Waals surface area contributed by atoms with Crippen LogP contribution in [0.4, 0.5) is 0 Å². The fourth-order valence-electron chi connectivity index (χ4n) is 2.65. The van der Waals surface area contributed by atoms with Crippen molar-refractivity contribution in [2.45, 2.75) is 19.8 Å². The third-order valence-corrected chi connectivity index (χ3v) is 4.22. The van der Waals surface area contributed by atoms with E-state index in [-0.39, 0.29) is 5.78 Å². The molecular formula is C17H14BrClO2. The van der Waals surface area contributed by atoms with E-state index < -0.39 is 0 Å². The van der Waals surface area contributed by atoms with Gasteiger partial charge in [0.15, 0.2) is 5.78 Å². The first-order valence-electron chi connectivity index (χ1n) is 6.77. The molecule has 0 spiro atoms. The first kappa shape index (κ1) is 14.6. The Morgan fingerprint density at radius 1 is 1.29 bits per heavy atom. The highest BCUT2D eigenvalue weighted by molar-refractivity contribution is 9.10. The Kier molecular flexibility index (Phi) is 4.05. The highest BCUT2D eigenvalue weighted by atomic mass is 79.9. The lowest BCUT2D eigenvalue weighted by Crippen LogP contribution is -2.05. The van der Waals surface area contributed by atoms with Gasteiger partial charge in [0.1, 0.15) is 5.75 Å². The largest absolute Gasteiger partial charge is 0.493 e. The van der Waals surface area contributed by atoms with Gasteiger partial charge in [-0.15, -0.1) is 0 Å². The van der Waals surface area contributed by atoms with E-state index in [0.29, 0.717) is 23.6 Å². The predicted octanol–water partition coefficient (Wildman–Crippen LogP) is 4.77. The summed E-state index contributed by atoms with van der Waals surface area (Å²) in [5.74, 6) is 0.902. The number of rotatable bonds is 3. The molecule has 108 valence electrons. The van der Waals surface area contributed by atoms with Gasteiger partial charge in [0.05, 0.1) is 6.61 Å². The molecule has 21 heavy (non-hydrogen) atoms. The van der Waals surface area contributed by atoms with E-state index in [1.165, 1.54) is 0 Å². The number of aryl methyl sites for hydroxylation is 1. The van der Waals surface area contributed by atoms with Crippen LogP contribution in [-0.4, -0.2) is 12.4 Å². The molecule has 0 atom stereocenters. The molecule has 2 nitrogen and oxygen atoms in total. The summed E-state index contributed by atoms with van der Waals surface area (Å²) in [7, 11) is 0. The van der Waals surface area contributed by atoms with Crippen LogP contribution in [0.3, 0.4) is 0 Å². The van der Waals surface area contributed by atoms with Gasteiger partial charge < -0.3 is 4.74 Å². The van der Waals surface area contributed by atoms with Gasteiger partial charge in [0.25, 0.3) is 0 Å². The molecule has 1 aliphatic heterocycles. The van der Waals surface area contributed by atoms with E-state index in [4.69, 9.17) is 16.3 Å². The number of ether oxygens (including phenoxy) is 1. The van der Waals surface area contributed by atoms with Crippen LogP contribution in [0.2, 0.25) is 5.02 Å². The number of carbonyl (C=O) groups excluding carboxylic acids is 1. The molecule has 0 N–H and O–H groups in total. The molecule has 0 unspecified atom stereocenters. The minimum atomic E-state index is 0.0689. The van der Waals surface area contributed by atoms with Crippen molar-refractivity contribution in [1.82, 2.24) is 0 Å². The Bertz CT molecular complexity index is 705. The monoisotopic (exact) mass is 364 g/mol. The van der Waals surface area contributed by atoms with Crippen LogP contribution >= 0.6 is 27.5 Å². The van der Waals surface area contributed by atoms with Crippen molar-refractivity contribution in [3.63, 3.8) is 0 Å². The summed E-state index contributed by atoms with van der Waals surface area (Å²) in [5.41, 5.74) is 3.72. The van der Waals surface area contributed by atoms with E-state index in [1.807, 2.05) is 37.3 Å². The number of hydrogen-bond donors (Lipinski definition) is 0. The second kappa shape index (κ2) is 5.82. The molecule has 3 rings (SSSR count). The van der Waals surface area contributed by atoms with Crippen LogP contribution in [-0.2, 0) is 12.8 Å². The van der Waals surface area contributed by atoms with Gasteiger partial charge in [-0.1, -0.05) is 27.5 Å². The number of ketones is 1. The van der Waals surface area contributed by atoms with Crippen LogP contribution in [0.1, 0.15) is 27.0 Å². The topological polar surface area (TPSA) is 26.3 Å². The summed E-state index contributed by atoms with van der Waals surface area (Å²) in [4.78, 5) is 12.5. The zero-order valence-corrected chi connectivity index (χ0v) is 13.9. The fourth-order valence-corrected chi connectivity index (χ4v) is 3.52. The summed E-state index contributed by atoms with van der Waals surface area (Å²) < 4.78 is 6.56. The first-order valence-corrected chi connectivity index (χ1v) is 7.94. The standard InChI is InChI=1S/C17H14BrClO2/c1-10-4-12(6-14(18)5-10)16(20)9-13-8-15(19)7-11-2-3-21-17(11)13/h4-8H,2-3,9H2,1H3. The molecule has 0 aromatic heterocycles. The van der Waals surface area contributed by atoms with Crippen molar-refractivity contribution < 1.29 is 9.53 Å². The van der Waals surface area contributed by atoms with Crippen molar-refractivity contribution in [2.75, 3.05) is 6.61 Å². The van der Waals surface area contributed by atoms with Gasteiger partial charge in [0.2, 0.25) is 0 Å². The maximum Gasteiger partial charge on any atom is 0.167 e. The average molecular weight is 366 g/mol. The Morgan fingerprint density at radius 3 is 2.86 bits per heavy atom. The van der Waals surface area contributed by atoms with E-state index in [0.717, 1.165) is 33.3 Å². The first-order chi connectivity index (χ1) is 10.0. The Morgan fingerprint density at radius 2 is 2.10 bits per heavy atom. The highest BCUT2D eigenvalue weighted by Gasteiger charge is 2.20. The molecule has 0 aliphatic carbocycles. The van der Waals surface area contributed by atoms with E-state index in [1.54, 1.807) is 0 Å². The Hall–Kier alpha value is -1.32. The number of halogens is 2. The van der Waals surface area contributed by atoms with Crippen LogP contribution < -0.4 is 4.74 Å². The maximum absolute atomic E-state index is 12.5. The number of fused-ring (bicyclic) bond motifs is 1. The number of hydrogen-bond acceptors (Lipinski definition) is 2. The minimum absolute atomic E-state index is 0.0689. The molecule has 1 aliphatic rings. The lowest BCUT2D eigenvalue weighted by atomic mass is 9.99. The minimum Gasteiger partial charge on any atom is -0.493 e. The number of carbonyl (C=O) groups is 1. The SMILES string of the molecule is Cc1cc(Br)cc(C(=O)Cc2cc(Cl)cc3c2OCC3)c1. The quantitative estimate of drug-likeness (QED) is 0.732. The molecular weight excluding hydrogens is 352 g/mol. The smallest absolute Gasteiger partial charge is 0.167 e.